The van der Waals surface area contributed by atoms with Gasteiger partial charge in [-0.05, 0) is 70.6 Å². The highest BCUT2D eigenvalue weighted by Gasteiger charge is 2.18. The highest BCUT2D eigenvalue weighted by atomic mass is 16.3. The van der Waals surface area contributed by atoms with Crippen LogP contribution in [0.15, 0.2) is 72.9 Å². The number of carbonyl (C=O) groups excluding carboxylic acids is 1. The van der Waals surface area contributed by atoms with Crippen molar-refractivity contribution in [3.8, 4) is 0 Å². The van der Waals surface area contributed by atoms with E-state index in [1.807, 2.05) is 6.08 Å². The van der Waals surface area contributed by atoms with E-state index in [1.165, 1.54) is 225 Å². The second-order valence-electron chi connectivity index (χ2n) is 20.0. The van der Waals surface area contributed by atoms with Gasteiger partial charge in [-0.1, -0.05) is 299 Å². The first kappa shape index (κ1) is 64.8. The van der Waals surface area contributed by atoms with E-state index in [0.29, 0.717) is 6.42 Å². The molecular weight excluding hydrogens is 819 g/mol. The summed E-state index contributed by atoms with van der Waals surface area (Å²) in [5.41, 5.74) is 0. The maximum Gasteiger partial charge on any atom is 0.220 e. The van der Waals surface area contributed by atoms with Crippen LogP contribution in [-0.2, 0) is 4.79 Å². The summed E-state index contributed by atoms with van der Waals surface area (Å²) in [4.78, 5) is 12.5. The van der Waals surface area contributed by atoms with Gasteiger partial charge in [0.1, 0.15) is 0 Å². The molecule has 0 radical (unpaired) electrons. The van der Waals surface area contributed by atoms with E-state index >= 15 is 0 Å². The zero-order valence-electron chi connectivity index (χ0n) is 44.9. The van der Waals surface area contributed by atoms with Gasteiger partial charge in [0.05, 0.1) is 18.8 Å². The van der Waals surface area contributed by atoms with Crippen molar-refractivity contribution >= 4 is 5.91 Å². The monoisotopic (exact) mass is 934 g/mol. The summed E-state index contributed by atoms with van der Waals surface area (Å²) in [5.74, 6) is -0.0705. The maximum absolute atomic E-state index is 12.5. The molecule has 2 atom stereocenters. The van der Waals surface area contributed by atoms with Gasteiger partial charge in [-0.25, -0.2) is 0 Å². The smallest absolute Gasteiger partial charge is 0.220 e. The van der Waals surface area contributed by atoms with Crippen LogP contribution in [0.25, 0.3) is 0 Å². The van der Waals surface area contributed by atoms with Gasteiger partial charge in [-0.15, -0.1) is 0 Å². The lowest BCUT2D eigenvalue weighted by Crippen LogP contribution is -2.45. The molecule has 1 amide bonds. The zero-order valence-corrected chi connectivity index (χ0v) is 44.9. The molecule has 4 heteroatoms. The molecule has 0 heterocycles. The Kier molecular flexibility index (Phi) is 56.3. The van der Waals surface area contributed by atoms with Gasteiger partial charge in [0.2, 0.25) is 5.91 Å². The molecule has 0 aromatic rings. The zero-order chi connectivity index (χ0) is 48.5. The van der Waals surface area contributed by atoms with Gasteiger partial charge in [0, 0.05) is 6.42 Å². The number of aliphatic hydroxyl groups is 2. The van der Waals surface area contributed by atoms with Crippen molar-refractivity contribution in [1.29, 1.82) is 0 Å². The number of aliphatic hydroxyl groups excluding tert-OH is 2. The van der Waals surface area contributed by atoms with Crippen LogP contribution in [0.3, 0.4) is 0 Å². The Hall–Kier alpha value is -2.17. The molecule has 0 rings (SSSR count). The van der Waals surface area contributed by atoms with E-state index in [-0.39, 0.29) is 12.5 Å². The van der Waals surface area contributed by atoms with Crippen molar-refractivity contribution in [3.05, 3.63) is 72.9 Å². The Morgan fingerprint density at radius 1 is 0.373 bits per heavy atom. The van der Waals surface area contributed by atoms with E-state index in [4.69, 9.17) is 0 Å². The van der Waals surface area contributed by atoms with Gasteiger partial charge in [-0.3, -0.25) is 4.79 Å². The minimum Gasteiger partial charge on any atom is -0.394 e. The number of allylic oxidation sites excluding steroid dienone is 11. The van der Waals surface area contributed by atoms with E-state index in [0.717, 1.165) is 57.8 Å². The number of hydrogen-bond donors (Lipinski definition) is 3. The quantitative estimate of drug-likeness (QED) is 0.0420. The van der Waals surface area contributed by atoms with Crippen molar-refractivity contribution in [3.63, 3.8) is 0 Å². The number of rotatable bonds is 54. The normalized spacial score (nSPS) is 13.3. The molecule has 0 saturated heterocycles. The molecule has 0 aliphatic carbocycles. The van der Waals surface area contributed by atoms with Gasteiger partial charge < -0.3 is 15.5 Å². The molecule has 390 valence electrons. The lowest BCUT2D eigenvalue weighted by Gasteiger charge is -2.19. The summed E-state index contributed by atoms with van der Waals surface area (Å²) < 4.78 is 0. The van der Waals surface area contributed by atoms with Gasteiger partial charge in [0.15, 0.2) is 0 Å². The predicted molar refractivity (Wildman–Crippen MR) is 299 cm³/mol. The van der Waals surface area contributed by atoms with Crippen molar-refractivity contribution in [2.45, 2.75) is 315 Å². The van der Waals surface area contributed by atoms with Crippen molar-refractivity contribution < 1.29 is 15.0 Å². The molecule has 0 aromatic heterocycles. The Morgan fingerprint density at radius 2 is 0.672 bits per heavy atom. The second-order valence-corrected chi connectivity index (χ2v) is 20.0. The molecule has 0 bridgehead atoms. The summed E-state index contributed by atoms with van der Waals surface area (Å²) in [5, 5.41) is 23.2. The number of unbranched alkanes of at least 4 members (excludes halogenated alkanes) is 37. The molecule has 0 fully saturated rings. The Labute approximate surface area is 419 Å². The Bertz CT molecular complexity index is 1150. The maximum atomic E-state index is 12.5. The van der Waals surface area contributed by atoms with Gasteiger partial charge in [-0.2, -0.15) is 0 Å². The average Bonchev–Trinajstić information content (AvgIpc) is 3.33. The minimum atomic E-state index is -0.864. The van der Waals surface area contributed by atoms with Crippen LogP contribution in [0.5, 0.6) is 0 Å². The number of hydrogen-bond acceptors (Lipinski definition) is 3. The van der Waals surface area contributed by atoms with E-state index in [9.17, 15) is 15.0 Å². The predicted octanol–water partition coefficient (Wildman–Crippen LogP) is 19.8. The third-order valence-corrected chi connectivity index (χ3v) is 13.4. The standard InChI is InChI=1S/C63H115NO3/c1-3-5-7-9-11-13-15-17-19-21-23-25-27-28-29-30-31-32-33-34-35-36-37-39-41-43-45-47-49-51-53-55-57-59-63(67)64-61(60-65)62(66)58-56-54-52-50-48-46-44-42-40-38-26-24-22-20-18-16-14-12-10-8-6-4-2/h5,7,11,13,17,19,23,25,48,50,56,58,61-62,65-66H,3-4,6,8-10,12,14-16,18,20-22,24,26-47,49,51-55,57,59-60H2,1-2H3,(H,64,67)/b7-5-,13-11-,19-17-,25-23-,50-48+,58-56+. The van der Waals surface area contributed by atoms with E-state index < -0.39 is 12.1 Å². The van der Waals surface area contributed by atoms with E-state index in [1.54, 1.807) is 6.08 Å². The summed E-state index contributed by atoms with van der Waals surface area (Å²) >= 11 is 0. The average molecular weight is 935 g/mol. The van der Waals surface area contributed by atoms with Crippen LogP contribution in [0.1, 0.15) is 303 Å². The molecule has 4 nitrogen and oxygen atoms in total. The van der Waals surface area contributed by atoms with E-state index in [2.05, 4.69) is 79.9 Å². The Balaban J connectivity index is 3.49. The van der Waals surface area contributed by atoms with Crippen LogP contribution < -0.4 is 5.32 Å². The first-order valence-electron chi connectivity index (χ1n) is 29.7. The topological polar surface area (TPSA) is 69.6 Å². The lowest BCUT2D eigenvalue weighted by atomic mass is 10.0. The van der Waals surface area contributed by atoms with Crippen LogP contribution in [0.4, 0.5) is 0 Å². The summed E-state index contributed by atoms with van der Waals surface area (Å²) in [6.07, 6.45) is 83.7. The largest absolute Gasteiger partial charge is 0.394 e. The minimum absolute atomic E-state index is 0.0705. The fourth-order valence-corrected chi connectivity index (χ4v) is 8.95. The first-order valence-corrected chi connectivity index (χ1v) is 29.7. The fourth-order valence-electron chi connectivity index (χ4n) is 8.95. The van der Waals surface area contributed by atoms with Crippen LogP contribution in [-0.4, -0.2) is 34.9 Å². The van der Waals surface area contributed by atoms with Gasteiger partial charge >= 0.3 is 0 Å². The molecule has 67 heavy (non-hydrogen) atoms. The van der Waals surface area contributed by atoms with Crippen LogP contribution >= 0.6 is 0 Å². The lowest BCUT2D eigenvalue weighted by molar-refractivity contribution is -0.123. The molecule has 3 N–H and O–H groups in total. The third-order valence-electron chi connectivity index (χ3n) is 13.4. The highest BCUT2D eigenvalue weighted by Crippen LogP contribution is 2.17. The fraction of sp³-hybridized carbons (Fsp3) is 0.794. The number of carbonyl (C=O) groups is 1. The third kappa shape index (κ3) is 54.6. The molecule has 0 spiro atoms. The molecule has 2 unspecified atom stereocenters. The van der Waals surface area contributed by atoms with Crippen molar-refractivity contribution in [2.24, 2.45) is 0 Å². The van der Waals surface area contributed by atoms with Crippen LogP contribution in [0.2, 0.25) is 0 Å². The summed E-state index contributed by atoms with van der Waals surface area (Å²) in [6, 6.07) is -0.641. The molecular formula is C63H115NO3. The van der Waals surface area contributed by atoms with Crippen LogP contribution in [0, 0.1) is 0 Å². The van der Waals surface area contributed by atoms with Crippen molar-refractivity contribution in [1.82, 2.24) is 5.32 Å². The van der Waals surface area contributed by atoms with Crippen molar-refractivity contribution in [2.75, 3.05) is 6.61 Å². The molecule has 0 aliphatic heterocycles. The number of nitrogens with one attached hydrogen (secondary N) is 1. The molecule has 0 saturated carbocycles. The SMILES string of the molecule is CC/C=C\C/C=C\C/C=C\C/C=C\CCCCCCCCCCCCCCCCCCCCCCC(=O)NC(CO)C(O)/C=C/CC/C=C/CCCCCCCCCCCCCCCCCC. The summed E-state index contributed by atoms with van der Waals surface area (Å²) in [6.45, 7) is 4.21. The van der Waals surface area contributed by atoms with Gasteiger partial charge in [0.25, 0.3) is 0 Å². The second kappa shape index (κ2) is 58.1. The summed E-state index contributed by atoms with van der Waals surface area (Å²) in [7, 11) is 0. The first-order chi connectivity index (χ1) is 33.2. The molecule has 0 aromatic carbocycles. The molecule has 0 aliphatic rings. The Morgan fingerprint density at radius 3 is 1.04 bits per heavy atom. The highest BCUT2D eigenvalue weighted by molar-refractivity contribution is 5.76. The number of amides is 1.